The molecule has 3 aromatic carbocycles. The lowest BCUT2D eigenvalue weighted by Gasteiger charge is -2.30. The van der Waals surface area contributed by atoms with Crippen molar-refractivity contribution in [1.82, 2.24) is 9.97 Å². The molecule has 0 radical (unpaired) electrons. The minimum atomic E-state index is -3.22. The van der Waals surface area contributed by atoms with Gasteiger partial charge in [-0.2, -0.15) is 0 Å². The second-order valence-electron chi connectivity index (χ2n) is 10.2. The van der Waals surface area contributed by atoms with Gasteiger partial charge >= 0.3 is 0 Å². The molecular weight excluding hydrogens is 600 g/mol. The molecule has 5 rings (SSSR count). The highest BCUT2D eigenvalue weighted by Gasteiger charge is 2.39. The average molecular weight is 630 g/mol. The van der Waals surface area contributed by atoms with Gasteiger partial charge in [0, 0.05) is 34.9 Å². The molecular formula is C31H30ClF2N3O5S. The molecule has 1 aromatic heterocycles. The van der Waals surface area contributed by atoms with Crippen LogP contribution in [-0.2, 0) is 31.5 Å². The third-order valence-corrected chi connectivity index (χ3v) is 9.03. The van der Waals surface area contributed by atoms with E-state index >= 15 is 4.39 Å². The Morgan fingerprint density at radius 2 is 1.95 bits per heavy atom. The molecule has 0 saturated carbocycles. The normalized spacial score (nSPS) is 16.4. The Morgan fingerprint density at radius 1 is 1.09 bits per heavy atom. The van der Waals surface area contributed by atoms with Crippen molar-refractivity contribution in [2.24, 2.45) is 0 Å². The van der Waals surface area contributed by atoms with Crippen molar-refractivity contribution in [3.63, 3.8) is 0 Å². The van der Waals surface area contributed by atoms with Gasteiger partial charge in [0.25, 0.3) is 0 Å². The van der Waals surface area contributed by atoms with Gasteiger partial charge in [0.05, 0.1) is 35.8 Å². The highest BCUT2D eigenvalue weighted by Crippen LogP contribution is 2.39. The van der Waals surface area contributed by atoms with E-state index in [1.165, 1.54) is 30.8 Å². The van der Waals surface area contributed by atoms with Gasteiger partial charge in [0.2, 0.25) is 0 Å². The summed E-state index contributed by atoms with van der Waals surface area (Å²) in [6.45, 7) is 1.87. The molecule has 0 bridgehead atoms. The van der Waals surface area contributed by atoms with Gasteiger partial charge < -0.3 is 19.5 Å². The van der Waals surface area contributed by atoms with E-state index in [4.69, 9.17) is 25.8 Å². The summed E-state index contributed by atoms with van der Waals surface area (Å²) in [4.78, 5) is 8.60. The van der Waals surface area contributed by atoms with E-state index in [0.717, 1.165) is 0 Å². The predicted octanol–water partition coefficient (Wildman–Crippen LogP) is 6.85. The van der Waals surface area contributed by atoms with E-state index in [0.29, 0.717) is 51.6 Å². The summed E-state index contributed by atoms with van der Waals surface area (Å²) in [6.07, 6.45) is 5.44. The van der Waals surface area contributed by atoms with E-state index in [1.54, 1.807) is 49.4 Å². The van der Waals surface area contributed by atoms with Crippen molar-refractivity contribution in [2.45, 2.75) is 32.0 Å². The number of nitrogens with zero attached hydrogens (tertiary/aromatic N) is 2. The molecule has 0 saturated heterocycles. The van der Waals surface area contributed by atoms with Gasteiger partial charge in [-0.25, -0.2) is 27.2 Å². The molecule has 2 heterocycles. The van der Waals surface area contributed by atoms with E-state index in [9.17, 15) is 12.8 Å². The number of ether oxygens (including phenoxy) is 3. The molecule has 8 nitrogen and oxygen atoms in total. The smallest absolute Gasteiger partial charge is 0.163 e. The Balaban J connectivity index is 1.35. The van der Waals surface area contributed by atoms with Crippen LogP contribution >= 0.6 is 11.6 Å². The van der Waals surface area contributed by atoms with Gasteiger partial charge in [-0.1, -0.05) is 30.7 Å². The van der Waals surface area contributed by atoms with E-state index < -0.39 is 21.3 Å². The van der Waals surface area contributed by atoms with Crippen LogP contribution in [0.1, 0.15) is 30.9 Å². The van der Waals surface area contributed by atoms with Crippen LogP contribution in [0.4, 0.5) is 20.3 Å². The third-order valence-electron chi connectivity index (χ3n) is 6.92. The van der Waals surface area contributed by atoms with E-state index in [2.05, 4.69) is 15.3 Å². The number of hydrogen-bond acceptors (Lipinski definition) is 8. The van der Waals surface area contributed by atoms with Crippen LogP contribution < -0.4 is 10.1 Å². The fraction of sp³-hybridized carbons (Fsp3) is 0.290. The fourth-order valence-corrected chi connectivity index (χ4v) is 6.22. The van der Waals surface area contributed by atoms with E-state index in [1.807, 2.05) is 0 Å². The Hall–Kier alpha value is -3.80. The van der Waals surface area contributed by atoms with Crippen molar-refractivity contribution < 1.29 is 31.4 Å². The molecule has 43 heavy (non-hydrogen) atoms. The van der Waals surface area contributed by atoms with Crippen LogP contribution in [0, 0.1) is 11.6 Å². The average Bonchev–Trinajstić information content (AvgIpc) is 3.44. The molecule has 0 aliphatic carbocycles. The van der Waals surface area contributed by atoms with Crippen LogP contribution in [0.2, 0.25) is 5.02 Å². The highest BCUT2D eigenvalue weighted by molar-refractivity contribution is 7.91. The zero-order valence-corrected chi connectivity index (χ0v) is 24.9. The van der Waals surface area contributed by atoms with Gasteiger partial charge in [0.15, 0.2) is 15.4 Å². The number of nitrogens with one attached hydrogen (secondary N) is 1. The van der Waals surface area contributed by atoms with Crippen molar-refractivity contribution in [3.8, 4) is 5.75 Å². The second-order valence-corrected chi connectivity index (χ2v) is 12.9. The van der Waals surface area contributed by atoms with Crippen molar-refractivity contribution in [2.75, 3.05) is 30.0 Å². The minimum absolute atomic E-state index is 0.0265. The standard InChI is InChI=1S/C31H30ClF2N3O5S/c1-2-12-43(38,39)13-11-40-19-31(9-4-10-42-31)25-16-24-28(17-27(25)34)35-20-36-30(24)37-23-7-8-29(26(32)15-23)41-18-21-5-3-6-22(33)14-21/h3-8,10,14-17,20H,2,9,11-13,18-19H2,1H3,(H,35,36,37). The number of fused-ring (bicyclic) bond motifs is 1. The number of sulfone groups is 1. The molecule has 4 aromatic rings. The zero-order valence-electron chi connectivity index (χ0n) is 23.4. The monoisotopic (exact) mass is 629 g/mol. The van der Waals surface area contributed by atoms with Crippen LogP contribution in [0.5, 0.6) is 5.75 Å². The number of rotatable bonds is 13. The van der Waals surface area contributed by atoms with E-state index in [-0.39, 0.29) is 42.7 Å². The SMILES string of the molecule is CCCS(=O)(=O)CCOCC1(c2cc3c(Nc4ccc(OCc5cccc(F)c5)c(Cl)c4)ncnc3cc2F)CC=CO1. The van der Waals surface area contributed by atoms with Gasteiger partial charge in [0.1, 0.15) is 36.1 Å². The topological polar surface area (TPSA) is 99.6 Å². The number of benzene rings is 3. The molecule has 0 amide bonds. The molecule has 0 spiro atoms. The Kier molecular flexibility index (Phi) is 9.43. The molecule has 1 atom stereocenters. The first-order chi connectivity index (χ1) is 20.7. The van der Waals surface area contributed by atoms with Crippen LogP contribution in [0.15, 0.2) is 73.3 Å². The van der Waals surface area contributed by atoms with Gasteiger partial charge in [-0.05, 0) is 54.5 Å². The van der Waals surface area contributed by atoms with Crippen molar-refractivity contribution in [1.29, 1.82) is 0 Å². The van der Waals surface area contributed by atoms with Crippen molar-refractivity contribution >= 4 is 43.8 Å². The third kappa shape index (κ3) is 7.41. The summed E-state index contributed by atoms with van der Waals surface area (Å²) in [6, 6.07) is 14.1. The maximum atomic E-state index is 15.5. The maximum absolute atomic E-state index is 15.5. The number of hydrogen-bond donors (Lipinski definition) is 1. The summed E-state index contributed by atoms with van der Waals surface area (Å²) in [5.41, 5.74) is 0.689. The lowest BCUT2D eigenvalue weighted by molar-refractivity contribution is -0.0439. The molecule has 1 aliphatic heterocycles. The first kappa shape index (κ1) is 30.7. The largest absolute Gasteiger partial charge is 0.488 e. The van der Waals surface area contributed by atoms with Gasteiger partial charge in [-0.15, -0.1) is 0 Å². The quantitative estimate of drug-likeness (QED) is 0.160. The Labute approximate surface area is 253 Å². The fourth-order valence-electron chi connectivity index (χ4n) is 4.79. The molecule has 1 N–H and O–H groups in total. The molecule has 12 heteroatoms. The molecule has 1 aliphatic rings. The summed E-state index contributed by atoms with van der Waals surface area (Å²) in [7, 11) is -3.22. The highest BCUT2D eigenvalue weighted by atomic mass is 35.5. The lowest BCUT2D eigenvalue weighted by atomic mass is 9.90. The molecule has 226 valence electrons. The minimum Gasteiger partial charge on any atom is -0.488 e. The molecule has 0 fully saturated rings. The Bertz CT molecular complexity index is 1750. The van der Waals surface area contributed by atoms with Crippen molar-refractivity contribution in [3.05, 3.63) is 101 Å². The zero-order chi connectivity index (χ0) is 30.5. The Morgan fingerprint density at radius 3 is 2.70 bits per heavy atom. The summed E-state index contributed by atoms with van der Waals surface area (Å²) >= 11 is 6.47. The first-order valence-electron chi connectivity index (χ1n) is 13.7. The second kappa shape index (κ2) is 13.2. The van der Waals surface area contributed by atoms with Gasteiger partial charge in [-0.3, -0.25) is 0 Å². The number of aromatic nitrogens is 2. The lowest BCUT2D eigenvalue weighted by Crippen LogP contribution is -2.33. The molecule has 1 unspecified atom stereocenters. The van der Waals surface area contributed by atoms with Crippen LogP contribution in [-0.4, -0.2) is 43.1 Å². The summed E-state index contributed by atoms with van der Waals surface area (Å²) in [5.74, 6) is -0.0919. The maximum Gasteiger partial charge on any atom is 0.163 e. The summed E-state index contributed by atoms with van der Waals surface area (Å²) in [5, 5.41) is 4.07. The van der Waals surface area contributed by atoms with Crippen LogP contribution in [0.25, 0.3) is 10.9 Å². The predicted molar refractivity (Wildman–Crippen MR) is 161 cm³/mol. The summed E-state index contributed by atoms with van der Waals surface area (Å²) < 4.78 is 70.5. The van der Waals surface area contributed by atoms with Crippen LogP contribution in [0.3, 0.4) is 0 Å². The number of anilines is 2. The first-order valence-corrected chi connectivity index (χ1v) is 15.9. The number of halogens is 3.